The molecule has 1 heterocycles. The van der Waals surface area contributed by atoms with Crippen LogP contribution in [0.25, 0.3) is 11.1 Å². The van der Waals surface area contributed by atoms with Gasteiger partial charge >= 0.3 is 0 Å². The summed E-state index contributed by atoms with van der Waals surface area (Å²) in [5.41, 5.74) is 7.31. The summed E-state index contributed by atoms with van der Waals surface area (Å²) in [6.45, 7) is 5.58. The van der Waals surface area contributed by atoms with E-state index in [1.807, 2.05) is 42.5 Å². The van der Waals surface area contributed by atoms with Crippen molar-refractivity contribution in [2.45, 2.75) is 83.6 Å². The summed E-state index contributed by atoms with van der Waals surface area (Å²) in [7, 11) is 2.14. The number of nitrogens with one attached hydrogen (secondary N) is 2. The van der Waals surface area contributed by atoms with Crippen molar-refractivity contribution in [2.75, 3.05) is 20.1 Å². The van der Waals surface area contributed by atoms with E-state index < -0.39 is 6.29 Å². The summed E-state index contributed by atoms with van der Waals surface area (Å²) < 4.78 is 13.3. The number of hydrogen-bond acceptors (Lipinski definition) is 6. The Bertz CT molecular complexity index is 1640. The zero-order valence-corrected chi connectivity index (χ0v) is 29.5. The lowest BCUT2D eigenvalue weighted by atomic mass is 9.97. The van der Waals surface area contributed by atoms with Crippen LogP contribution >= 0.6 is 0 Å². The van der Waals surface area contributed by atoms with Crippen molar-refractivity contribution >= 4 is 11.8 Å². The van der Waals surface area contributed by atoms with E-state index in [0.29, 0.717) is 19.5 Å². The lowest BCUT2D eigenvalue weighted by Crippen LogP contribution is -2.38. The smallest absolute Gasteiger partial charge is 0.220 e. The van der Waals surface area contributed by atoms with Crippen LogP contribution in [-0.2, 0) is 32.2 Å². The average molecular weight is 678 g/mol. The Balaban J connectivity index is 1.25. The molecule has 0 spiro atoms. The topological polar surface area (TPSA) is 100 Å². The first-order chi connectivity index (χ1) is 24.3. The number of aliphatic hydroxyl groups excluding tert-OH is 1. The minimum atomic E-state index is -0.543. The van der Waals surface area contributed by atoms with Gasteiger partial charge in [-0.2, -0.15) is 0 Å². The number of rotatable bonds is 16. The molecule has 1 fully saturated rings. The lowest BCUT2D eigenvalue weighted by molar-refractivity contribution is -0.253. The van der Waals surface area contributed by atoms with Gasteiger partial charge in [-0.1, -0.05) is 110 Å². The molecule has 0 bridgehead atoms. The third-order valence-electron chi connectivity index (χ3n) is 9.49. The van der Waals surface area contributed by atoms with Crippen molar-refractivity contribution in [1.82, 2.24) is 15.5 Å². The van der Waals surface area contributed by atoms with Crippen molar-refractivity contribution in [3.63, 3.8) is 0 Å². The number of likely N-dealkylation sites (N-methyl/N-ethyl adjacent to an activating group) is 1. The number of unbranched alkanes of at least 4 members (excludes halogenated alkanes) is 2. The molecular weight excluding hydrogens is 626 g/mol. The molecule has 0 saturated carbocycles. The minimum absolute atomic E-state index is 0.00626. The molecule has 50 heavy (non-hydrogen) atoms. The van der Waals surface area contributed by atoms with Gasteiger partial charge in [-0.15, -0.1) is 0 Å². The third-order valence-corrected chi connectivity index (χ3v) is 9.49. The van der Waals surface area contributed by atoms with Crippen LogP contribution in [0, 0.1) is 0 Å². The molecule has 4 atom stereocenters. The van der Waals surface area contributed by atoms with E-state index in [1.54, 1.807) is 0 Å². The van der Waals surface area contributed by atoms with Gasteiger partial charge in [0, 0.05) is 51.0 Å². The molecule has 264 valence electrons. The predicted molar refractivity (Wildman–Crippen MR) is 197 cm³/mol. The van der Waals surface area contributed by atoms with Crippen LogP contribution < -0.4 is 10.6 Å². The molecule has 3 N–H and O–H groups in total. The molecular formula is C42H51N3O5. The number of ether oxygens (including phenoxy) is 2. The van der Waals surface area contributed by atoms with Crippen molar-refractivity contribution in [1.29, 1.82) is 0 Å². The molecule has 0 radical (unpaired) electrons. The fourth-order valence-corrected chi connectivity index (χ4v) is 6.41. The highest BCUT2D eigenvalue weighted by atomic mass is 16.7. The number of aliphatic hydroxyl groups is 1. The summed E-state index contributed by atoms with van der Waals surface area (Å²) in [6.07, 6.45) is 2.97. The van der Waals surface area contributed by atoms with Gasteiger partial charge in [-0.05, 0) is 60.2 Å². The number of nitrogens with zero attached hydrogens (tertiary/aromatic N) is 1. The van der Waals surface area contributed by atoms with Crippen LogP contribution in [0.1, 0.15) is 92.2 Å². The number of hydrogen-bond donors (Lipinski definition) is 3. The summed E-state index contributed by atoms with van der Waals surface area (Å²) >= 11 is 0. The zero-order valence-electron chi connectivity index (χ0n) is 29.5. The summed E-state index contributed by atoms with van der Waals surface area (Å²) in [5, 5.41) is 15.4. The van der Waals surface area contributed by atoms with Crippen LogP contribution in [0.3, 0.4) is 0 Å². The van der Waals surface area contributed by atoms with Gasteiger partial charge in [0.05, 0.1) is 18.8 Å². The predicted octanol–water partition coefficient (Wildman–Crippen LogP) is 7.40. The van der Waals surface area contributed by atoms with E-state index >= 15 is 0 Å². The summed E-state index contributed by atoms with van der Waals surface area (Å²) in [5.74, 6) is 0.00334. The molecule has 5 rings (SSSR count). The van der Waals surface area contributed by atoms with Crippen LogP contribution in [0.2, 0.25) is 0 Å². The van der Waals surface area contributed by atoms with Crippen LogP contribution in [0.4, 0.5) is 0 Å². The second-order valence-electron chi connectivity index (χ2n) is 13.2. The van der Waals surface area contributed by atoms with Gasteiger partial charge in [-0.25, -0.2) is 0 Å². The first kappa shape index (κ1) is 36.9. The first-order valence-electron chi connectivity index (χ1n) is 17.8. The molecule has 2 amide bonds. The van der Waals surface area contributed by atoms with Crippen LogP contribution in [0.5, 0.6) is 0 Å². The second kappa shape index (κ2) is 18.6. The first-order valence-corrected chi connectivity index (χ1v) is 17.8. The maximum atomic E-state index is 12.6. The Hall–Kier alpha value is -4.34. The maximum absolute atomic E-state index is 12.6. The van der Waals surface area contributed by atoms with Crippen LogP contribution in [0.15, 0.2) is 103 Å². The standard InChI is InChI=1S/C42H51N3O5/c1-30(33-12-6-4-7-13-33)45(3)28-38-26-40(35-19-17-32(29-46)18-20-35)50-42(49-38)36-23-21-34(22-24-36)39-15-10-9-14-37(39)27-44-41(48)16-8-5-11-25-43-31(2)47/h4,6-7,9-10,12-15,17-24,30,38,40,42,46H,5,8,11,16,25-29H2,1-3H3,(H,43,47)(H,44,48). The van der Waals surface area contributed by atoms with Gasteiger partial charge < -0.3 is 25.2 Å². The Morgan fingerprint density at radius 3 is 2.26 bits per heavy atom. The van der Waals surface area contributed by atoms with E-state index in [4.69, 9.17) is 9.47 Å². The average Bonchev–Trinajstić information content (AvgIpc) is 3.15. The zero-order chi connectivity index (χ0) is 35.3. The summed E-state index contributed by atoms with van der Waals surface area (Å²) in [6, 6.07) is 35.2. The molecule has 1 aliphatic rings. The largest absolute Gasteiger partial charge is 0.392 e. The molecule has 0 aromatic heterocycles. The van der Waals surface area contributed by atoms with E-state index in [-0.39, 0.29) is 36.7 Å². The lowest BCUT2D eigenvalue weighted by Gasteiger charge is -2.39. The van der Waals surface area contributed by atoms with Crippen molar-refractivity contribution < 1.29 is 24.2 Å². The fraction of sp³-hybridized carbons (Fsp3) is 0.381. The van der Waals surface area contributed by atoms with E-state index in [0.717, 1.165) is 65.6 Å². The van der Waals surface area contributed by atoms with Gasteiger partial charge in [-0.3, -0.25) is 14.5 Å². The van der Waals surface area contributed by atoms with E-state index in [9.17, 15) is 14.7 Å². The highest BCUT2D eigenvalue weighted by Gasteiger charge is 2.33. The van der Waals surface area contributed by atoms with Gasteiger partial charge in [0.15, 0.2) is 6.29 Å². The second-order valence-corrected chi connectivity index (χ2v) is 13.2. The SMILES string of the molecule is CC(=O)NCCCCCC(=O)NCc1ccccc1-c1ccc(C2OC(CN(C)C(C)c3ccccc3)CC(c3ccc(CO)cc3)O2)cc1. The van der Waals surface area contributed by atoms with E-state index in [1.165, 1.54) is 12.5 Å². The highest BCUT2D eigenvalue weighted by Crippen LogP contribution is 2.39. The summed E-state index contributed by atoms with van der Waals surface area (Å²) in [4.78, 5) is 25.9. The molecule has 0 aliphatic carbocycles. The van der Waals surface area contributed by atoms with Gasteiger partial charge in [0.2, 0.25) is 11.8 Å². The van der Waals surface area contributed by atoms with Crippen molar-refractivity contribution in [3.8, 4) is 11.1 Å². The minimum Gasteiger partial charge on any atom is -0.392 e. The van der Waals surface area contributed by atoms with E-state index in [2.05, 4.69) is 90.2 Å². The molecule has 4 aromatic carbocycles. The number of carbonyl (C=O) groups is 2. The number of benzene rings is 4. The quantitative estimate of drug-likeness (QED) is 0.107. The molecule has 8 nitrogen and oxygen atoms in total. The van der Waals surface area contributed by atoms with Crippen molar-refractivity contribution in [3.05, 3.63) is 131 Å². The highest BCUT2D eigenvalue weighted by molar-refractivity contribution is 5.76. The van der Waals surface area contributed by atoms with Crippen LogP contribution in [-0.4, -0.2) is 48.1 Å². The Morgan fingerprint density at radius 1 is 0.840 bits per heavy atom. The molecule has 8 heteroatoms. The fourth-order valence-electron chi connectivity index (χ4n) is 6.41. The monoisotopic (exact) mass is 677 g/mol. The molecule has 1 saturated heterocycles. The maximum Gasteiger partial charge on any atom is 0.220 e. The Labute approximate surface area is 296 Å². The number of amides is 2. The van der Waals surface area contributed by atoms with Gasteiger partial charge in [0.1, 0.15) is 0 Å². The number of carbonyl (C=O) groups excluding carboxylic acids is 2. The molecule has 4 unspecified atom stereocenters. The van der Waals surface area contributed by atoms with Crippen molar-refractivity contribution in [2.24, 2.45) is 0 Å². The Morgan fingerprint density at radius 2 is 1.54 bits per heavy atom. The Kier molecular flexibility index (Phi) is 13.7. The molecule has 1 aliphatic heterocycles. The molecule has 4 aromatic rings. The normalized spacial score (nSPS) is 18.1. The van der Waals surface area contributed by atoms with Gasteiger partial charge in [0.25, 0.3) is 0 Å². The third kappa shape index (κ3) is 10.6.